The monoisotopic (exact) mass is 361 g/mol. The maximum atomic E-state index is 11.1. The van der Waals surface area contributed by atoms with E-state index in [4.69, 9.17) is 0 Å². The minimum atomic E-state index is -0.309. The number of aromatic nitrogens is 1. The van der Waals surface area contributed by atoms with E-state index in [1.807, 2.05) is 6.07 Å². The second-order valence-corrected chi connectivity index (χ2v) is 7.82. The lowest BCUT2D eigenvalue weighted by molar-refractivity contribution is -0.384. The molecule has 2 aliphatic rings. The molecular weight excluding hydrogens is 338 g/mol. The van der Waals surface area contributed by atoms with E-state index in [1.165, 1.54) is 22.4 Å². The molecule has 0 amide bonds. The van der Waals surface area contributed by atoms with Gasteiger partial charge in [-0.05, 0) is 61.3 Å². The van der Waals surface area contributed by atoms with Crippen LogP contribution in [0.15, 0.2) is 42.5 Å². The van der Waals surface area contributed by atoms with E-state index in [2.05, 4.69) is 34.6 Å². The molecule has 5 rings (SSSR count). The summed E-state index contributed by atoms with van der Waals surface area (Å²) in [5.74, 6) is 0. The lowest BCUT2D eigenvalue weighted by Crippen LogP contribution is -2.38. The van der Waals surface area contributed by atoms with Gasteiger partial charge < -0.3 is 10.3 Å². The molecule has 0 unspecified atom stereocenters. The Bertz CT molecular complexity index is 1020. The van der Waals surface area contributed by atoms with Gasteiger partial charge in [0.2, 0.25) is 0 Å². The van der Waals surface area contributed by atoms with Gasteiger partial charge in [-0.2, -0.15) is 0 Å². The second-order valence-electron chi connectivity index (χ2n) is 7.82. The molecule has 0 bridgehead atoms. The smallest absolute Gasteiger partial charge is 0.270 e. The van der Waals surface area contributed by atoms with E-state index in [-0.39, 0.29) is 10.6 Å². The quantitative estimate of drug-likeness (QED) is 0.529. The molecule has 1 heterocycles. The van der Waals surface area contributed by atoms with Crippen LogP contribution < -0.4 is 5.32 Å². The maximum absolute atomic E-state index is 11.1. The van der Waals surface area contributed by atoms with Crippen molar-refractivity contribution >= 4 is 16.6 Å². The number of nitro groups is 1. The largest absolute Gasteiger partial charge is 0.357 e. The Balaban J connectivity index is 1.43. The molecule has 0 aliphatic heterocycles. The summed E-state index contributed by atoms with van der Waals surface area (Å²) in [7, 11) is 0. The number of aryl methyl sites for hydroxylation is 2. The zero-order valence-electron chi connectivity index (χ0n) is 15.2. The molecule has 138 valence electrons. The number of hydrogen-bond donors (Lipinski definition) is 2. The number of nitrogens with one attached hydrogen (secondary N) is 2. The third kappa shape index (κ3) is 2.92. The van der Waals surface area contributed by atoms with Gasteiger partial charge in [0.1, 0.15) is 0 Å². The third-order valence-corrected chi connectivity index (χ3v) is 6.19. The Morgan fingerprint density at radius 1 is 1.07 bits per heavy atom. The first-order valence-corrected chi connectivity index (χ1v) is 9.81. The maximum Gasteiger partial charge on any atom is 0.270 e. The summed E-state index contributed by atoms with van der Waals surface area (Å²) in [6.07, 6.45) is 6.58. The molecule has 0 radical (unpaired) electrons. The highest BCUT2D eigenvalue weighted by molar-refractivity contribution is 5.87. The Kier molecular flexibility index (Phi) is 3.97. The van der Waals surface area contributed by atoms with Gasteiger partial charge in [-0.15, -0.1) is 0 Å². The highest BCUT2D eigenvalue weighted by atomic mass is 16.6. The molecule has 0 fully saturated rings. The molecule has 0 saturated heterocycles. The summed E-state index contributed by atoms with van der Waals surface area (Å²) in [6.45, 7) is 0. The highest BCUT2D eigenvalue weighted by Crippen LogP contribution is 2.37. The predicted octanol–water partition coefficient (Wildman–Crippen LogP) is 4.60. The number of benzene rings is 2. The summed E-state index contributed by atoms with van der Waals surface area (Å²) in [5, 5.41) is 16.0. The van der Waals surface area contributed by atoms with Crippen LogP contribution in [-0.2, 0) is 19.3 Å². The molecule has 5 heteroatoms. The van der Waals surface area contributed by atoms with Gasteiger partial charge in [0, 0.05) is 40.8 Å². The van der Waals surface area contributed by atoms with E-state index < -0.39 is 0 Å². The Morgan fingerprint density at radius 3 is 2.78 bits per heavy atom. The van der Waals surface area contributed by atoms with Gasteiger partial charge in [0.05, 0.1) is 4.92 Å². The summed E-state index contributed by atoms with van der Waals surface area (Å²) < 4.78 is 0. The van der Waals surface area contributed by atoms with Gasteiger partial charge in [-0.25, -0.2) is 0 Å². The highest BCUT2D eigenvalue weighted by Gasteiger charge is 2.28. The number of fused-ring (bicyclic) bond motifs is 4. The van der Waals surface area contributed by atoms with Crippen molar-refractivity contribution in [3.63, 3.8) is 0 Å². The molecule has 3 aromatic rings. The minimum Gasteiger partial charge on any atom is -0.357 e. The molecule has 2 aromatic carbocycles. The van der Waals surface area contributed by atoms with Crippen LogP contribution in [0.1, 0.15) is 47.7 Å². The average Bonchev–Trinajstić information content (AvgIpc) is 3.07. The lowest BCUT2D eigenvalue weighted by atomic mass is 9.86. The van der Waals surface area contributed by atoms with E-state index in [0.717, 1.165) is 49.4 Å². The van der Waals surface area contributed by atoms with E-state index in [0.29, 0.717) is 12.1 Å². The molecule has 1 aromatic heterocycles. The van der Waals surface area contributed by atoms with Crippen LogP contribution in [0, 0.1) is 10.1 Å². The topological polar surface area (TPSA) is 71.0 Å². The van der Waals surface area contributed by atoms with Crippen LogP contribution in [0.4, 0.5) is 5.69 Å². The van der Waals surface area contributed by atoms with Gasteiger partial charge in [-0.3, -0.25) is 10.1 Å². The molecule has 27 heavy (non-hydrogen) atoms. The average molecular weight is 361 g/mol. The Hall–Kier alpha value is -2.66. The van der Waals surface area contributed by atoms with Crippen molar-refractivity contribution in [2.45, 2.75) is 50.6 Å². The fraction of sp³-hybridized carbons (Fsp3) is 0.364. The number of rotatable bonds is 3. The van der Waals surface area contributed by atoms with Crippen molar-refractivity contribution < 1.29 is 4.92 Å². The zero-order valence-corrected chi connectivity index (χ0v) is 15.2. The molecular formula is C22H23N3O2. The number of H-pyrrole nitrogens is 1. The minimum absolute atomic E-state index is 0.170. The number of hydrogen-bond acceptors (Lipinski definition) is 3. The summed E-state index contributed by atoms with van der Waals surface area (Å²) in [6, 6.07) is 14.7. The SMILES string of the molecule is O=[N+]([O-])c1ccc2[nH]c3c(c2c1)CCC[C@H]3N[C@H]1CCc2ccccc2C1. The van der Waals surface area contributed by atoms with E-state index in [1.54, 1.807) is 12.1 Å². The normalized spacial score (nSPS) is 21.6. The molecule has 2 atom stereocenters. The van der Waals surface area contributed by atoms with Crippen LogP contribution in [0.25, 0.3) is 10.9 Å². The van der Waals surface area contributed by atoms with Crippen molar-refractivity contribution in [1.82, 2.24) is 10.3 Å². The van der Waals surface area contributed by atoms with Crippen molar-refractivity contribution in [2.75, 3.05) is 0 Å². The van der Waals surface area contributed by atoms with Crippen molar-refractivity contribution in [3.8, 4) is 0 Å². The summed E-state index contributed by atoms with van der Waals surface area (Å²) in [4.78, 5) is 14.4. The number of non-ortho nitro benzene ring substituents is 1. The summed E-state index contributed by atoms with van der Waals surface area (Å²) in [5.41, 5.74) is 6.61. The van der Waals surface area contributed by atoms with Crippen LogP contribution in [0.2, 0.25) is 0 Å². The van der Waals surface area contributed by atoms with Gasteiger partial charge in [-0.1, -0.05) is 24.3 Å². The van der Waals surface area contributed by atoms with Crippen molar-refractivity contribution in [1.29, 1.82) is 0 Å². The van der Waals surface area contributed by atoms with Crippen LogP contribution in [-0.4, -0.2) is 15.9 Å². The summed E-state index contributed by atoms with van der Waals surface area (Å²) >= 11 is 0. The van der Waals surface area contributed by atoms with Crippen LogP contribution in [0.5, 0.6) is 0 Å². The fourth-order valence-corrected chi connectivity index (χ4v) is 4.86. The zero-order chi connectivity index (χ0) is 18.4. The first kappa shape index (κ1) is 16.5. The number of aromatic amines is 1. The van der Waals surface area contributed by atoms with Crippen molar-refractivity contribution in [3.05, 3.63) is 75.0 Å². The fourth-order valence-electron chi connectivity index (χ4n) is 4.86. The van der Waals surface area contributed by atoms with Crippen LogP contribution in [0.3, 0.4) is 0 Å². The Labute approximate surface area is 157 Å². The van der Waals surface area contributed by atoms with E-state index in [9.17, 15) is 10.1 Å². The first-order valence-electron chi connectivity index (χ1n) is 9.81. The lowest BCUT2D eigenvalue weighted by Gasteiger charge is -2.32. The van der Waals surface area contributed by atoms with E-state index >= 15 is 0 Å². The Morgan fingerprint density at radius 2 is 1.93 bits per heavy atom. The van der Waals surface area contributed by atoms with Crippen molar-refractivity contribution in [2.24, 2.45) is 0 Å². The first-order chi connectivity index (χ1) is 13.2. The molecule has 5 nitrogen and oxygen atoms in total. The van der Waals surface area contributed by atoms with Gasteiger partial charge >= 0.3 is 0 Å². The molecule has 0 spiro atoms. The molecule has 0 saturated carbocycles. The van der Waals surface area contributed by atoms with Gasteiger partial charge in [0.15, 0.2) is 0 Å². The van der Waals surface area contributed by atoms with Gasteiger partial charge in [0.25, 0.3) is 5.69 Å². The molecule has 2 aliphatic carbocycles. The number of nitrogens with zero attached hydrogens (tertiary/aromatic N) is 1. The number of nitro benzene ring substituents is 1. The third-order valence-electron chi connectivity index (χ3n) is 6.19. The van der Waals surface area contributed by atoms with Crippen LogP contribution >= 0.6 is 0 Å². The molecule has 2 N–H and O–H groups in total. The standard InChI is InChI=1S/C22H23N3O2/c26-25(27)17-10-11-20-19(13-17)18-6-3-7-21(22(18)24-20)23-16-9-8-14-4-1-2-5-15(14)12-16/h1-2,4-5,10-11,13,16,21,23-24H,3,6-9,12H2/t16-,21+/m0/s1. The second kappa shape index (κ2) is 6.50. The predicted molar refractivity (Wildman–Crippen MR) is 106 cm³/mol.